The standard InChI is InChI=1S/2C10H22N.C2H4O.CH3NO.2K.H2N/c2*1-9(2,3)7-11-8-10(4,5)6;1-2-3;2-1-3;;;/h2*7-8H2,1-6H3;2H,1H3;1H,(H2,2,3);;;1H2/q2*-1;;;2*+1;-1/p-1/i;;2T;1T;;;. The summed E-state index contributed by atoms with van der Waals surface area (Å²) in [7, 11) is 0. The molecular formula is C23H52K2N4O2-2. The Labute approximate surface area is 283 Å². The minimum absolute atomic E-state index is 0. The Hall–Kier alpha value is 2.29. The van der Waals surface area contributed by atoms with E-state index in [2.05, 4.69) is 93.7 Å². The summed E-state index contributed by atoms with van der Waals surface area (Å²) in [4.78, 5) is 17.9. The van der Waals surface area contributed by atoms with Gasteiger partial charge in [0.25, 0.3) is 0 Å². The first kappa shape index (κ1) is 43.4. The van der Waals surface area contributed by atoms with Crippen molar-refractivity contribution < 1.29 is 115 Å². The molecule has 0 heterocycles. The van der Waals surface area contributed by atoms with Gasteiger partial charge in [-0.3, -0.25) is 0 Å². The number of nitrogens with two attached hydrogens (primary N) is 1. The summed E-state index contributed by atoms with van der Waals surface area (Å²) in [5.74, 6) is 0. The van der Waals surface area contributed by atoms with Crippen LogP contribution >= 0.6 is 0 Å². The molecule has 0 saturated heterocycles. The third-order valence-corrected chi connectivity index (χ3v) is 2.34. The summed E-state index contributed by atoms with van der Waals surface area (Å²) in [6.45, 7) is 31.8. The number of amides is 1. The molecule has 31 heavy (non-hydrogen) atoms. The average molecular weight is 499 g/mol. The molecule has 6 nitrogen and oxygen atoms in total. The molecule has 180 valence electrons. The maximum Gasteiger partial charge on any atom is 1.00 e. The summed E-state index contributed by atoms with van der Waals surface area (Å²) in [6, 6.07) is 0. The van der Waals surface area contributed by atoms with Gasteiger partial charge < -0.3 is 32.1 Å². The van der Waals surface area contributed by atoms with Gasteiger partial charge in [0.2, 0.25) is 0 Å². The molecule has 0 aromatic rings. The van der Waals surface area contributed by atoms with Crippen molar-refractivity contribution in [1.82, 2.24) is 0 Å². The molecule has 0 aromatic carbocycles. The fourth-order valence-corrected chi connectivity index (χ4v) is 1.45. The SMILES string of the molecule is CC(C)(C)C[N-]CC(C)(C)C.CC(C)(C)C[N-]CC(C)(C)C.[3H]C(C)=O.[3H]C([NH-])=O.[K+].[K+].[NH2-]. The van der Waals surface area contributed by atoms with E-state index in [1.165, 1.54) is 6.92 Å². The number of rotatable bonds is 4. The van der Waals surface area contributed by atoms with E-state index in [4.69, 9.17) is 18.1 Å². The summed E-state index contributed by atoms with van der Waals surface area (Å²) in [6.07, 6.45) is -1.92. The van der Waals surface area contributed by atoms with Crippen molar-refractivity contribution >= 4 is 12.6 Å². The first-order valence-electron chi connectivity index (χ1n) is 10.8. The van der Waals surface area contributed by atoms with Crippen molar-refractivity contribution in [2.45, 2.75) is 90.0 Å². The van der Waals surface area contributed by atoms with Crippen LogP contribution in [0.25, 0.3) is 22.5 Å². The second-order valence-corrected chi connectivity index (χ2v) is 11.6. The van der Waals surface area contributed by atoms with Crippen LogP contribution in [0.15, 0.2) is 0 Å². The largest absolute Gasteiger partial charge is 1.00 e. The van der Waals surface area contributed by atoms with Gasteiger partial charge in [-0.1, -0.05) is 105 Å². The van der Waals surface area contributed by atoms with Gasteiger partial charge in [-0.15, -0.1) is 26.2 Å². The van der Waals surface area contributed by atoms with E-state index in [1.807, 2.05) is 0 Å². The fraction of sp³-hybridized carbons (Fsp3) is 0.913. The molecule has 3 N–H and O–H groups in total. The molecule has 0 rings (SSSR count). The molecule has 0 aliphatic heterocycles. The van der Waals surface area contributed by atoms with Crippen molar-refractivity contribution in [1.29, 1.82) is 0 Å². The Morgan fingerprint density at radius 3 is 0.806 bits per heavy atom. The Morgan fingerprint density at radius 1 is 0.645 bits per heavy atom. The Kier molecular flexibility index (Phi) is 37.6. The van der Waals surface area contributed by atoms with Crippen LogP contribution in [0.4, 0.5) is 0 Å². The molecule has 1 amide bonds. The molecule has 0 atom stereocenters. The van der Waals surface area contributed by atoms with Crippen molar-refractivity contribution in [2.75, 3.05) is 26.2 Å². The smallest absolute Gasteiger partial charge is 0.693 e. The number of nitrogens with one attached hydrogen (secondary N) is 1. The van der Waals surface area contributed by atoms with E-state index in [9.17, 15) is 0 Å². The zero-order valence-corrected chi connectivity index (χ0v) is 29.9. The maximum atomic E-state index is 9.11. The van der Waals surface area contributed by atoms with Crippen LogP contribution in [0.2, 0.25) is 0 Å². The van der Waals surface area contributed by atoms with Crippen LogP contribution < -0.4 is 103 Å². The topological polar surface area (TPSA) is 120 Å². The first-order valence-corrected chi connectivity index (χ1v) is 9.84. The number of carbonyl (C=O) groups excluding carboxylic acids is 2. The summed E-state index contributed by atoms with van der Waals surface area (Å²) < 4.78 is 11.6. The molecule has 0 saturated carbocycles. The quantitative estimate of drug-likeness (QED) is 0.435. The molecule has 0 bridgehead atoms. The van der Waals surface area contributed by atoms with Crippen LogP contribution in [-0.4, -0.2) is 38.8 Å². The monoisotopic (exact) mass is 498 g/mol. The van der Waals surface area contributed by atoms with Gasteiger partial charge in [0.05, 0.1) is 1.37 Å². The van der Waals surface area contributed by atoms with Crippen LogP contribution in [0.3, 0.4) is 0 Å². The third-order valence-electron chi connectivity index (χ3n) is 2.34. The number of aldehydes is 1. The Morgan fingerprint density at radius 2 is 0.742 bits per heavy atom. The summed E-state index contributed by atoms with van der Waals surface area (Å²) in [5.41, 5.74) is 7.02. The van der Waals surface area contributed by atoms with Crippen LogP contribution in [-0.2, 0) is 9.59 Å². The summed E-state index contributed by atoms with van der Waals surface area (Å²) >= 11 is 0. The van der Waals surface area contributed by atoms with Crippen LogP contribution in [0, 0.1) is 21.7 Å². The van der Waals surface area contributed by atoms with E-state index in [1.54, 1.807) is 0 Å². The van der Waals surface area contributed by atoms with Gasteiger partial charge in [0, 0.05) is 6.39 Å². The number of carbonyl (C=O) groups is 2. The van der Waals surface area contributed by atoms with Crippen molar-refractivity contribution in [3.05, 3.63) is 22.5 Å². The Bertz CT molecular complexity index is 377. The fourth-order valence-electron chi connectivity index (χ4n) is 1.45. The molecule has 0 aliphatic carbocycles. The zero-order valence-electron chi connectivity index (χ0n) is 25.6. The number of hydrogen-bond donors (Lipinski definition) is 0. The molecule has 0 spiro atoms. The zero-order chi connectivity index (χ0) is 25.4. The van der Waals surface area contributed by atoms with E-state index >= 15 is 0 Å². The molecule has 0 fully saturated rings. The van der Waals surface area contributed by atoms with E-state index in [0.717, 1.165) is 26.2 Å². The normalized spacial score (nSPS) is 11.4. The van der Waals surface area contributed by atoms with Crippen molar-refractivity contribution in [3.8, 4) is 0 Å². The van der Waals surface area contributed by atoms with E-state index in [0.29, 0.717) is 21.7 Å². The predicted octanol–water partition coefficient (Wildman–Crippen LogP) is 2.03. The number of hydrogen-bond acceptors (Lipinski definition) is 2. The van der Waals surface area contributed by atoms with Crippen LogP contribution in [0.1, 0.15) is 92.8 Å². The number of nitrogens with zero attached hydrogens (tertiary/aromatic N) is 2. The van der Waals surface area contributed by atoms with E-state index in [-0.39, 0.29) is 109 Å². The predicted molar refractivity (Wildman–Crippen MR) is 131 cm³/mol. The molecule has 8 heteroatoms. The second kappa shape index (κ2) is 26.9. The maximum absolute atomic E-state index is 9.11. The molecule has 0 radical (unpaired) electrons. The van der Waals surface area contributed by atoms with Crippen molar-refractivity contribution in [3.63, 3.8) is 0 Å². The van der Waals surface area contributed by atoms with Gasteiger partial charge in [0.1, 0.15) is 7.63 Å². The van der Waals surface area contributed by atoms with E-state index < -0.39 is 12.6 Å². The van der Waals surface area contributed by atoms with Gasteiger partial charge in [-0.25, -0.2) is 0 Å². The average Bonchev–Trinajstić information content (AvgIpc) is 2.30. The molecule has 0 unspecified atom stereocenters. The third kappa shape index (κ3) is 88.6. The van der Waals surface area contributed by atoms with Crippen LogP contribution in [0.5, 0.6) is 0 Å². The second-order valence-electron chi connectivity index (χ2n) is 11.6. The van der Waals surface area contributed by atoms with Gasteiger partial charge in [0.15, 0.2) is 0 Å². The van der Waals surface area contributed by atoms with Crippen molar-refractivity contribution in [2.24, 2.45) is 21.7 Å². The van der Waals surface area contributed by atoms with Gasteiger partial charge in [-0.05, 0) is 6.92 Å². The van der Waals surface area contributed by atoms with Gasteiger partial charge in [-0.2, -0.15) is 0 Å². The Balaban J connectivity index is -0.0000000580. The molecule has 0 aliphatic rings. The minimum atomic E-state index is -1.33. The summed E-state index contributed by atoms with van der Waals surface area (Å²) in [5, 5.41) is 9.03. The molecular weight excluding hydrogens is 442 g/mol. The first-order chi connectivity index (χ1) is 12.9. The minimum Gasteiger partial charge on any atom is -0.693 e. The molecule has 0 aromatic heterocycles. The van der Waals surface area contributed by atoms with Gasteiger partial charge >= 0.3 is 103 Å².